The maximum Gasteiger partial charge on any atom is 0.0201 e. The van der Waals surface area contributed by atoms with E-state index in [2.05, 4.69) is 61.8 Å². The molecule has 0 radical (unpaired) electrons. The van der Waals surface area contributed by atoms with Gasteiger partial charge in [-0.05, 0) is 11.1 Å². The third kappa shape index (κ3) is 1.56. The van der Waals surface area contributed by atoms with Gasteiger partial charge in [0.2, 0.25) is 0 Å². The molecule has 0 aromatic rings. The predicted octanol–water partition coefficient (Wildman–Crippen LogP) is 3.58. The van der Waals surface area contributed by atoms with Crippen LogP contribution in [0.1, 0.15) is 0 Å². The summed E-state index contributed by atoms with van der Waals surface area (Å²) in [6.45, 7) is 8.22. The van der Waals surface area contributed by atoms with Crippen molar-refractivity contribution in [2.45, 2.75) is 0 Å². The lowest BCUT2D eigenvalue weighted by Crippen LogP contribution is -2.03. The van der Waals surface area contributed by atoms with Gasteiger partial charge < -0.3 is 0 Å². The van der Waals surface area contributed by atoms with Crippen molar-refractivity contribution in [1.29, 1.82) is 0 Å². The molecule has 2 rings (SSSR count). The van der Waals surface area contributed by atoms with Crippen molar-refractivity contribution in [3.63, 3.8) is 0 Å². The first-order valence-electron chi connectivity index (χ1n) is 4.87. The number of rotatable bonds is 3. The van der Waals surface area contributed by atoms with E-state index in [0.717, 1.165) is 11.1 Å². The summed E-state index contributed by atoms with van der Waals surface area (Å²) in [7, 11) is 0. The van der Waals surface area contributed by atoms with Gasteiger partial charge in [-0.1, -0.05) is 61.8 Å². The van der Waals surface area contributed by atoms with Gasteiger partial charge in [0.15, 0.2) is 0 Å². The van der Waals surface area contributed by atoms with Gasteiger partial charge in [-0.3, -0.25) is 0 Å². The van der Waals surface area contributed by atoms with Crippen LogP contribution in [0.4, 0.5) is 0 Å². The molecule has 70 valence electrons. The fourth-order valence-electron chi connectivity index (χ4n) is 1.76. The van der Waals surface area contributed by atoms with Crippen molar-refractivity contribution in [3.05, 3.63) is 72.9 Å². The molecule has 0 saturated heterocycles. The molecule has 0 amide bonds. The summed E-state index contributed by atoms with van der Waals surface area (Å²) in [5.41, 5.74) is 2.24. The Balaban J connectivity index is 2.08. The van der Waals surface area contributed by atoms with Gasteiger partial charge in [-0.25, -0.2) is 0 Å². The second-order valence-corrected chi connectivity index (χ2v) is 3.64. The molecule has 0 N–H and O–H groups in total. The van der Waals surface area contributed by atoms with Crippen LogP contribution >= 0.6 is 0 Å². The molecule has 0 saturated carbocycles. The Morgan fingerprint density at radius 3 is 1.21 bits per heavy atom. The van der Waals surface area contributed by atoms with E-state index < -0.39 is 0 Å². The third-order valence-corrected chi connectivity index (χ3v) is 2.71. The van der Waals surface area contributed by atoms with Gasteiger partial charge in [0, 0.05) is 11.8 Å². The third-order valence-electron chi connectivity index (χ3n) is 2.71. The van der Waals surface area contributed by atoms with Crippen LogP contribution in [-0.2, 0) is 0 Å². The van der Waals surface area contributed by atoms with Crippen molar-refractivity contribution in [3.8, 4) is 0 Å². The molecule has 0 aromatic heterocycles. The zero-order chi connectivity index (χ0) is 9.97. The Kier molecular flexibility index (Phi) is 2.36. The molecule has 0 atom stereocenters. The molecule has 0 nitrogen and oxygen atoms in total. The number of hydrogen-bond acceptors (Lipinski definition) is 0. The molecule has 0 unspecified atom stereocenters. The summed E-state index contributed by atoms with van der Waals surface area (Å²) in [6.07, 6.45) is 16.8. The van der Waals surface area contributed by atoms with Crippen LogP contribution in [0.2, 0.25) is 0 Å². The fourth-order valence-corrected chi connectivity index (χ4v) is 1.76. The van der Waals surface area contributed by atoms with Crippen LogP contribution in [0.5, 0.6) is 0 Å². The van der Waals surface area contributed by atoms with Gasteiger partial charge in [-0.15, -0.1) is 0 Å². The van der Waals surface area contributed by atoms with Crippen LogP contribution in [0.3, 0.4) is 0 Å². The Morgan fingerprint density at radius 2 is 0.929 bits per heavy atom. The van der Waals surface area contributed by atoms with Gasteiger partial charge in [-0.2, -0.15) is 0 Å². The molecule has 0 heterocycles. The van der Waals surface area contributed by atoms with E-state index in [9.17, 15) is 0 Å². The molecular formula is C14H14. The first-order valence-corrected chi connectivity index (χ1v) is 4.87. The Labute approximate surface area is 85.3 Å². The molecule has 0 fully saturated rings. The molecule has 14 heavy (non-hydrogen) atoms. The summed E-state index contributed by atoms with van der Waals surface area (Å²) in [4.78, 5) is 0. The molecule has 2 aliphatic carbocycles. The normalized spacial score (nSPS) is 19.7. The van der Waals surface area contributed by atoms with Crippen LogP contribution in [0.15, 0.2) is 72.9 Å². The van der Waals surface area contributed by atoms with E-state index in [-0.39, 0.29) is 0 Å². The minimum Gasteiger partial charge on any atom is -0.0946 e. The molecule has 2 aliphatic rings. The van der Waals surface area contributed by atoms with E-state index in [4.69, 9.17) is 0 Å². The number of allylic oxidation sites excluding steroid dienone is 10. The molecular weight excluding hydrogens is 168 g/mol. The fraction of sp³-hybridized carbons (Fsp3) is 0.143. The minimum atomic E-state index is 0.352. The van der Waals surface area contributed by atoms with E-state index >= 15 is 0 Å². The van der Waals surface area contributed by atoms with Gasteiger partial charge in [0.25, 0.3) is 0 Å². The summed E-state index contributed by atoms with van der Waals surface area (Å²) in [5.74, 6) is 0.704. The van der Waals surface area contributed by atoms with Gasteiger partial charge in [0.1, 0.15) is 0 Å². The summed E-state index contributed by atoms with van der Waals surface area (Å²) in [5, 5.41) is 0. The van der Waals surface area contributed by atoms with Crippen LogP contribution in [0.25, 0.3) is 0 Å². The average molecular weight is 182 g/mol. The zero-order valence-electron chi connectivity index (χ0n) is 8.19. The van der Waals surface area contributed by atoms with Gasteiger partial charge >= 0.3 is 0 Å². The highest BCUT2D eigenvalue weighted by atomic mass is 14.2. The standard InChI is InChI=1S/C14H14/c1-11(13-7-3-4-8-13)12(2)14-9-5-6-10-14/h3-10,13-14H,1-2H2. The first kappa shape index (κ1) is 9.01. The lowest BCUT2D eigenvalue weighted by atomic mass is 9.88. The SMILES string of the molecule is C=C(C(=C)C1C=CC=C1)C1C=CC=C1. The zero-order valence-corrected chi connectivity index (χ0v) is 8.19. The second kappa shape index (κ2) is 3.67. The second-order valence-electron chi connectivity index (χ2n) is 3.64. The molecule has 0 aliphatic heterocycles. The smallest absolute Gasteiger partial charge is 0.0201 e. The van der Waals surface area contributed by atoms with E-state index in [0.29, 0.717) is 11.8 Å². The minimum absolute atomic E-state index is 0.352. The highest BCUT2D eigenvalue weighted by Crippen LogP contribution is 2.30. The topological polar surface area (TPSA) is 0 Å². The monoisotopic (exact) mass is 182 g/mol. The molecule has 0 bridgehead atoms. The van der Waals surface area contributed by atoms with Crippen molar-refractivity contribution < 1.29 is 0 Å². The summed E-state index contributed by atoms with van der Waals surface area (Å²) >= 11 is 0. The molecule has 0 spiro atoms. The Hall–Kier alpha value is -1.56. The Bertz CT molecular complexity index is 313. The summed E-state index contributed by atoms with van der Waals surface area (Å²) < 4.78 is 0. The van der Waals surface area contributed by atoms with Crippen molar-refractivity contribution in [2.75, 3.05) is 0 Å². The summed E-state index contributed by atoms with van der Waals surface area (Å²) in [6, 6.07) is 0. The van der Waals surface area contributed by atoms with E-state index in [1.807, 2.05) is 0 Å². The maximum absolute atomic E-state index is 4.11. The molecule has 0 heteroatoms. The van der Waals surface area contributed by atoms with E-state index in [1.54, 1.807) is 0 Å². The van der Waals surface area contributed by atoms with Crippen molar-refractivity contribution in [1.82, 2.24) is 0 Å². The number of hydrogen-bond donors (Lipinski definition) is 0. The largest absolute Gasteiger partial charge is 0.0946 e. The molecule has 0 aromatic carbocycles. The van der Waals surface area contributed by atoms with Crippen molar-refractivity contribution in [2.24, 2.45) is 11.8 Å². The first-order chi connectivity index (χ1) is 6.79. The highest BCUT2D eigenvalue weighted by molar-refractivity contribution is 5.44. The van der Waals surface area contributed by atoms with Crippen LogP contribution in [-0.4, -0.2) is 0 Å². The predicted molar refractivity (Wildman–Crippen MR) is 61.8 cm³/mol. The Morgan fingerprint density at radius 1 is 0.643 bits per heavy atom. The lowest BCUT2D eigenvalue weighted by molar-refractivity contribution is 0.912. The lowest BCUT2D eigenvalue weighted by Gasteiger charge is -2.16. The van der Waals surface area contributed by atoms with E-state index in [1.165, 1.54) is 0 Å². The average Bonchev–Trinajstić information content (AvgIpc) is 2.87. The quantitative estimate of drug-likeness (QED) is 0.585. The van der Waals surface area contributed by atoms with Crippen molar-refractivity contribution >= 4 is 0 Å². The van der Waals surface area contributed by atoms with Gasteiger partial charge in [0.05, 0.1) is 0 Å². The highest BCUT2D eigenvalue weighted by Gasteiger charge is 2.16. The maximum atomic E-state index is 4.11. The van der Waals surface area contributed by atoms with Crippen LogP contribution < -0.4 is 0 Å². The van der Waals surface area contributed by atoms with Crippen LogP contribution in [0, 0.1) is 11.8 Å².